The molecule has 0 aliphatic carbocycles. The standard InChI is InChI=1S/C11H12Br2O2/c12-9(6-7-10(13)11(14)15)8-4-2-1-3-5-8/h1-5,9-10H,6-7H2,(H,14,15)/t9-,10-/m1/s1. The van der Waals surface area contributed by atoms with Crippen molar-refractivity contribution in [2.75, 3.05) is 0 Å². The Labute approximate surface area is 106 Å². The summed E-state index contributed by atoms with van der Waals surface area (Å²) in [6.07, 6.45) is 1.41. The molecule has 15 heavy (non-hydrogen) atoms. The second kappa shape index (κ2) is 6.28. The minimum absolute atomic E-state index is 0.220. The lowest BCUT2D eigenvalue weighted by molar-refractivity contribution is -0.136. The van der Waals surface area contributed by atoms with Crippen LogP contribution >= 0.6 is 31.9 Å². The quantitative estimate of drug-likeness (QED) is 0.832. The molecule has 0 saturated carbocycles. The lowest BCUT2D eigenvalue weighted by Gasteiger charge is -2.11. The molecule has 0 heterocycles. The van der Waals surface area contributed by atoms with Gasteiger partial charge in [-0.25, -0.2) is 0 Å². The van der Waals surface area contributed by atoms with Crippen molar-refractivity contribution in [2.24, 2.45) is 0 Å². The van der Waals surface area contributed by atoms with Crippen LogP contribution in [-0.2, 0) is 4.79 Å². The molecule has 1 N–H and O–H groups in total. The largest absolute Gasteiger partial charge is 0.480 e. The maximum atomic E-state index is 10.6. The minimum atomic E-state index is -0.803. The van der Waals surface area contributed by atoms with Gasteiger partial charge in [0.25, 0.3) is 0 Å². The summed E-state index contributed by atoms with van der Waals surface area (Å²) in [6, 6.07) is 9.99. The van der Waals surface area contributed by atoms with E-state index in [4.69, 9.17) is 5.11 Å². The molecule has 2 atom stereocenters. The van der Waals surface area contributed by atoms with E-state index < -0.39 is 10.8 Å². The number of alkyl halides is 2. The summed E-state index contributed by atoms with van der Waals surface area (Å²) < 4.78 is 0. The molecule has 0 aliphatic heterocycles. The summed E-state index contributed by atoms with van der Waals surface area (Å²) >= 11 is 6.67. The number of benzene rings is 1. The zero-order valence-corrected chi connectivity index (χ0v) is 11.2. The van der Waals surface area contributed by atoms with Crippen molar-refractivity contribution in [1.82, 2.24) is 0 Å². The number of carboxylic acid groups (broad SMARTS) is 1. The van der Waals surface area contributed by atoms with E-state index in [0.717, 1.165) is 6.42 Å². The molecule has 1 aromatic carbocycles. The zero-order chi connectivity index (χ0) is 11.3. The van der Waals surface area contributed by atoms with Gasteiger partial charge in [0.2, 0.25) is 0 Å². The highest BCUT2D eigenvalue weighted by Gasteiger charge is 2.15. The Morgan fingerprint density at radius 2 is 1.80 bits per heavy atom. The highest BCUT2D eigenvalue weighted by atomic mass is 79.9. The van der Waals surface area contributed by atoms with Gasteiger partial charge in [-0.1, -0.05) is 62.2 Å². The van der Waals surface area contributed by atoms with E-state index in [9.17, 15) is 4.79 Å². The average molecular weight is 336 g/mol. The summed E-state index contributed by atoms with van der Waals surface area (Å²) in [5.74, 6) is -0.803. The first-order chi connectivity index (χ1) is 7.11. The Kier molecular flexibility index (Phi) is 5.32. The molecule has 0 aromatic heterocycles. The molecule has 1 rings (SSSR count). The Hall–Kier alpha value is -0.350. The number of hydrogen-bond donors (Lipinski definition) is 1. The molecule has 0 aliphatic rings. The van der Waals surface area contributed by atoms with E-state index in [1.54, 1.807) is 0 Å². The fraction of sp³-hybridized carbons (Fsp3) is 0.364. The molecule has 0 unspecified atom stereocenters. The lowest BCUT2D eigenvalue weighted by Crippen LogP contribution is -2.12. The molecule has 0 amide bonds. The maximum absolute atomic E-state index is 10.6. The number of carboxylic acids is 1. The topological polar surface area (TPSA) is 37.3 Å². The number of carbonyl (C=O) groups is 1. The van der Waals surface area contributed by atoms with Gasteiger partial charge in [-0.2, -0.15) is 0 Å². The predicted octanol–water partition coefficient (Wildman–Crippen LogP) is 3.75. The van der Waals surface area contributed by atoms with Gasteiger partial charge in [0, 0.05) is 4.83 Å². The highest BCUT2D eigenvalue weighted by Crippen LogP contribution is 2.29. The fourth-order valence-corrected chi connectivity index (χ4v) is 2.08. The molecule has 82 valence electrons. The lowest BCUT2D eigenvalue weighted by atomic mass is 10.1. The van der Waals surface area contributed by atoms with Crippen LogP contribution in [0.25, 0.3) is 0 Å². The maximum Gasteiger partial charge on any atom is 0.317 e. The highest BCUT2D eigenvalue weighted by molar-refractivity contribution is 9.10. The molecule has 0 bridgehead atoms. The van der Waals surface area contributed by atoms with Crippen molar-refractivity contribution < 1.29 is 9.90 Å². The molecule has 0 radical (unpaired) electrons. The van der Waals surface area contributed by atoms with Crippen LogP contribution in [0.3, 0.4) is 0 Å². The molecular weight excluding hydrogens is 324 g/mol. The van der Waals surface area contributed by atoms with Crippen LogP contribution in [0, 0.1) is 0 Å². The Morgan fingerprint density at radius 1 is 1.20 bits per heavy atom. The van der Waals surface area contributed by atoms with Crippen LogP contribution in [0.15, 0.2) is 30.3 Å². The van der Waals surface area contributed by atoms with Crippen molar-refractivity contribution in [2.45, 2.75) is 22.5 Å². The monoisotopic (exact) mass is 334 g/mol. The van der Waals surface area contributed by atoms with Crippen molar-refractivity contribution in [3.05, 3.63) is 35.9 Å². The van der Waals surface area contributed by atoms with Crippen molar-refractivity contribution in [3.8, 4) is 0 Å². The SMILES string of the molecule is O=C(O)[C@H](Br)CC[C@@H](Br)c1ccccc1. The molecule has 2 nitrogen and oxygen atoms in total. The van der Waals surface area contributed by atoms with Gasteiger partial charge in [0.1, 0.15) is 4.83 Å². The van der Waals surface area contributed by atoms with Gasteiger partial charge in [0.15, 0.2) is 0 Å². The molecule has 0 fully saturated rings. The van der Waals surface area contributed by atoms with Crippen LogP contribution < -0.4 is 0 Å². The molecule has 0 spiro atoms. The Bertz CT molecular complexity index is 314. The van der Waals surface area contributed by atoms with Crippen molar-refractivity contribution in [1.29, 1.82) is 0 Å². The molecular formula is C11H12Br2O2. The van der Waals surface area contributed by atoms with E-state index in [0.29, 0.717) is 6.42 Å². The van der Waals surface area contributed by atoms with Gasteiger partial charge < -0.3 is 5.11 Å². The van der Waals surface area contributed by atoms with E-state index in [1.165, 1.54) is 5.56 Å². The van der Waals surface area contributed by atoms with Gasteiger partial charge in [0.05, 0.1) is 0 Å². The molecule has 4 heteroatoms. The summed E-state index contributed by atoms with van der Waals surface area (Å²) in [5, 5.41) is 8.70. The van der Waals surface area contributed by atoms with E-state index in [-0.39, 0.29) is 4.83 Å². The van der Waals surface area contributed by atoms with Gasteiger partial charge in [-0.3, -0.25) is 4.79 Å². The molecule has 0 saturated heterocycles. The summed E-state index contributed by atoms with van der Waals surface area (Å²) in [5.41, 5.74) is 1.18. The first-order valence-corrected chi connectivity index (χ1v) is 6.50. The second-order valence-corrected chi connectivity index (χ2v) is 5.47. The normalized spacial score (nSPS) is 14.5. The smallest absolute Gasteiger partial charge is 0.317 e. The van der Waals surface area contributed by atoms with Crippen molar-refractivity contribution in [3.63, 3.8) is 0 Å². The van der Waals surface area contributed by atoms with Crippen LogP contribution in [0.5, 0.6) is 0 Å². The summed E-state index contributed by atoms with van der Waals surface area (Å²) in [7, 11) is 0. The fourth-order valence-electron chi connectivity index (χ4n) is 1.24. The van der Waals surface area contributed by atoms with E-state index >= 15 is 0 Å². The summed E-state index contributed by atoms with van der Waals surface area (Å²) in [4.78, 5) is 10.3. The average Bonchev–Trinajstić information content (AvgIpc) is 2.26. The summed E-state index contributed by atoms with van der Waals surface area (Å²) in [6.45, 7) is 0. The van der Waals surface area contributed by atoms with Crippen LogP contribution in [0.2, 0.25) is 0 Å². The van der Waals surface area contributed by atoms with Gasteiger partial charge in [-0.15, -0.1) is 0 Å². The minimum Gasteiger partial charge on any atom is -0.480 e. The Morgan fingerprint density at radius 3 is 2.33 bits per heavy atom. The Balaban J connectivity index is 2.43. The second-order valence-electron chi connectivity index (χ2n) is 3.26. The number of rotatable bonds is 5. The predicted molar refractivity (Wildman–Crippen MR) is 67.7 cm³/mol. The van der Waals surface area contributed by atoms with E-state index in [1.807, 2.05) is 30.3 Å². The van der Waals surface area contributed by atoms with E-state index in [2.05, 4.69) is 31.9 Å². The van der Waals surface area contributed by atoms with Crippen molar-refractivity contribution >= 4 is 37.8 Å². The number of aliphatic carboxylic acids is 1. The van der Waals surface area contributed by atoms with Gasteiger partial charge >= 0.3 is 5.97 Å². The van der Waals surface area contributed by atoms with Crippen LogP contribution in [0.4, 0.5) is 0 Å². The first-order valence-electron chi connectivity index (χ1n) is 4.67. The third kappa shape index (κ3) is 4.34. The third-order valence-corrected chi connectivity index (χ3v) is 3.94. The van der Waals surface area contributed by atoms with Crippen LogP contribution in [-0.4, -0.2) is 15.9 Å². The number of hydrogen-bond acceptors (Lipinski definition) is 1. The van der Waals surface area contributed by atoms with Crippen LogP contribution in [0.1, 0.15) is 23.2 Å². The first kappa shape index (κ1) is 12.7. The third-order valence-electron chi connectivity index (χ3n) is 2.10. The number of halogens is 2. The zero-order valence-electron chi connectivity index (χ0n) is 8.07. The van der Waals surface area contributed by atoms with Gasteiger partial charge in [-0.05, 0) is 18.4 Å². The molecule has 1 aromatic rings.